The minimum absolute atomic E-state index is 0. The number of hydrogen-bond donors (Lipinski definition) is 3. The van der Waals surface area contributed by atoms with Gasteiger partial charge in [-0.2, -0.15) is 0 Å². The van der Waals surface area contributed by atoms with Crippen LogP contribution in [0.4, 0.5) is 4.39 Å². The highest BCUT2D eigenvalue weighted by Gasteiger charge is 2.27. The predicted molar refractivity (Wildman–Crippen MR) is 94.9 cm³/mol. The molecule has 1 aromatic heterocycles. The van der Waals surface area contributed by atoms with Crippen LogP contribution in [0.5, 0.6) is 5.75 Å². The quantitative estimate of drug-likeness (QED) is 0.569. The molecule has 0 aliphatic carbocycles. The molecule has 0 saturated carbocycles. The lowest BCUT2D eigenvalue weighted by Crippen LogP contribution is -2.30. The van der Waals surface area contributed by atoms with Crippen LogP contribution < -0.4 is 5.32 Å². The molecule has 0 bridgehead atoms. The van der Waals surface area contributed by atoms with E-state index in [-0.39, 0.29) is 30.0 Å². The molecule has 1 unspecified atom stereocenters. The van der Waals surface area contributed by atoms with Crippen LogP contribution in [0.15, 0.2) is 40.9 Å². The molecule has 2 aromatic carbocycles. The molecule has 1 atom stereocenters. The molecule has 1 aliphatic heterocycles. The summed E-state index contributed by atoms with van der Waals surface area (Å²) >= 11 is 3.45. The molecule has 0 saturated heterocycles. The van der Waals surface area contributed by atoms with Crippen molar-refractivity contribution in [1.82, 2.24) is 10.3 Å². The summed E-state index contributed by atoms with van der Waals surface area (Å²) in [5.41, 5.74) is 3.86. The highest BCUT2D eigenvalue weighted by Crippen LogP contribution is 2.37. The van der Waals surface area contributed by atoms with Crippen LogP contribution in [0.1, 0.15) is 22.9 Å². The minimum atomic E-state index is -0.227. The van der Waals surface area contributed by atoms with Crippen molar-refractivity contribution in [3.05, 3.63) is 63.5 Å². The number of phenolic OH excluding ortho intramolecular Hbond substituents is 1. The molecule has 0 radical (unpaired) electrons. The van der Waals surface area contributed by atoms with Crippen molar-refractivity contribution in [2.45, 2.75) is 12.5 Å². The van der Waals surface area contributed by atoms with Crippen molar-refractivity contribution in [1.29, 1.82) is 0 Å². The Morgan fingerprint density at radius 1 is 1.17 bits per heavy atom. The van der Waals surface area contributed by atoms with E-state index in [2.05, 4.69) is 26.2 Å². The normalized spacial score (nSPS) is 16.9. The molecular weight excluding hydrogens is 383 g/mol. The molecule has 3 N–H and O–H groups in total. The van der Waals surface area contributed by atoms with Crippen molar-refractivity contribution >= 4 is 39.2 Å². The molecule has 0 spiro atoms. The van der Waals surface area contributed by atoms with Gasteiger partial charge < -0.3 is 15.4 Å². The summed E-state index contributed by atoms with van der Waals surface area (Å²) in [6, 6.07) is 10.1. The summed E-state index contributed by atoms with van der Waals surface area (Å²) in [7, 11) is 0. The number of hydrogen-bond acceptors (Lipinski definition) is 2. The van der Waals surface area contributed by atoms with Crippen molar-refractivity contribution < 1.29 is 9.50 Å². The van der Waals surface area contributed by atoms with E-state index in [1.165, 1.54) is 6.07 Å². The Hall–Kier alpha value is -1.56. The summed E-state index contributed by atoms with van der Waals surface area (Å²) in [4.78, 5) is 3.38. The van der Waals surface area contributed by atoms with Crippen LogP contribution in [0, 0.1) is 5.82 Å². The standard InChI is InChI=1S/C17H14BrFN2O.ClH/c18-9-1-4-15(22)13(7-9)16-17-11(5-6-20-16)12-8-10(19)2-3-14(12)21-17;/h1-4,7-8,16,20-22H,5-6H2;1H. The van der Waals surface area contributed by atoms with Crippen LogP contribution in [0.25, 0.3) is 10.9 Å². The first kappa shape index (κ1) is 16.3. The fourth-order valence-electron chi connectivity index (χ4n) is 3.22. The number of nitrogens with one attached hydrogen (secondary N) is 2. The molecule has 3 nitrogen and oxygen atoms in total. The number of aromatic nitrogens is 1. The van der Waals surface area contributed by atoms with Crippen LogP contribution in [-0.2, 0) is 6.42 Å². The number of phenols is 1. The SMILES string of the molecule is Cl.Oc1ccc(Br)cc1C1NCCc2c1[nH]c1ccc(F)cc21. The highest BCUT2D eigenvalue weighted by molar-refractivity contribution is 9.10. The maximum absolute atomic E-state index is 13.5. The maximum atomic E-state index is 13.5. The Bertz CT molecular complexity index is 880. The van der Waals surface area contributed by atoms with Gasteiger partial charge in [0.15, 0.2) is 0 Å². The largest absolute Gasteiger partial charge is 0.508 e. The summed E-state index contributed by atoms with van der Waals surface area (Å²) in [5, 5.41) is 14.6. The van der Waals surface area contributed by atoms with Gasteiger partial charge in [-0.25, -0.2) is 4.39 Å². The van der Waals surface area contributed by atoms with Gasteiger partial charge in [0.2, 0.25) is 0 Å². The summed E-state index contributed by atoms with van der Waals surface area (Å²) in [5.74, 6) is 0.0214. The molecular formula is C17H15BrClFN2O. The summed E-state index contributed by atoms with van der Waals surface area (Å²) in [6.07, 6.45) is 0.837. The van der Waals surface area contributed by atoms with E-state index < -0.39 is 0 Å². The van der Waals surface area contributed by atoms with Gasteiger partial charge in [0, 0.05) is 33.2 Å². The van der Waals surface area contributed by atoms with Gasteiger partial charge in [-0.3, -0.25) is 0 Å². The van der Waals surface area contributed by atoms with Gasteiger partial charge in [0.25, 0.3) is 0 Å². The second-order valence-corrected chi connectivity index (χ2v) is 6.46. The molecule has 23 heavy (non-hydrogen) atoms. The number of rotatable bonds is 1. The van der Waals surface area contributed by atoms with Crippen molar-refractivity contribution in [3.8, 4) is 5.75 Å². The highest BCUT2D eigenvalue weighted by atomic mass is 79.9. The van der Waals surface area contributed by atoms with E-state index in [4.69, 9.17) is 0 Å². The van der Waals surface area contributed by atoms with Gasteiger partial charge in [-0.1, -0.05) is 15.9 Å². The number of benzene rings is 2. The molecule has 0 fully saturated rings. The second-order valence-electron chi connectivity index (χ2n) is 5.55. The lowest BCUT2D eigenvalue weighted by Gasteiger charge is -2.25. The Balaban J connectivity index is 0.00000156. The Labute approximate surface area is 147 Å². The van der Waals surface area contributed by atoms with Crippen LogP contribution in [0.3, 0.4) is 0 Å². The number of fused-ring (bicyclic) bond motifs is 3. The zero-order valence-electron chi connectivity index (χ0n) is 12.1. The fourth-order valence-corrected chi connectivity index (χ4v) is 3.60. The van der Waals surface area contributed by atoms with Crippen LogP contribution in [-0.4, -0.2) is 16.6 Å². The average molecular weight is 398 g/mol. The minimum Gasteiger partial charge on any atom is -0.508 e. The fraction of sp³-hybridized carbons (Fsp3) is 0.176. The maximum Gasteiger partial charge on any atom is 0.123 e. The zero-order valence-corrected chi connectivity index (χ0v) is 14.5. The van der Waals surface area contributed by atoms with Crippen molar-refractivity contribution in [2.24, 2.45) is 0 Å². The van der Waals surface area contributed by atoms with Gasteiger partial charge in [-0.05, 0) is 48.4 Å². The van der Waals surface area contributed by atoms with E-state index in [9.17, 15) is 9.50 Å². The first-order chi connectivity index (χ1) is 10.6. The van der Waals surface area contributed by atoms with E-state index in [0.29, 0.717) is 0 Å². The third-order valence-corrected chi connectivity index (χ3v) is 4.71. The topological polar surface area (TPSA) is 48.0 Å². The van der Waals surface area contributed by atoms with Gasteiger partial charge >= 0.3 is 0 Å². The third-order valence-electron chi connectivity index (χ3n) is 4.21. The number of aromatic amines is 1. The van der Waals surface area contributed by atoms with E-state index in [0.717, 1.165) is 45.2 Å². The Morgan fingerprint density at radius 3 is 2.83 bits per heavy atom. The molecule has 6 heteroatoms. The Morgan fingerprint density at radius 2 is 2.00 bits per heavy atom. The summed E-state index contributed by atoms with van der Waals surface area (Å²) < 4.78 is 14.5. The Kier molecular flexibility index (Phi) is 4.36. The first-order valence-corrected chi connectivity index (χ1v) is 7.94. The average Bonchev–Trinajstić information content (AvgIpc) is 2.88. The molecule has 1 aliphatic rings. The van der Waals surface area contributed by atoms with E-state index >= 15 is 0 Å². The first-order valence-electron chi connectivity index (χ1n) is 7.15. The van der Waals surface area contributed by atoms with E-state index in [1.54, 1.807) is 18.2 Å². The number of halogens is 3. The summed E-state index contributed by atoms with van der Waals surface area (Å²) in [6.45, 7) is 0.785. The molecule has 4 rings (SSSR count). The van der Waals surface area contributed by atoms with Crippen LogP contribution in [0.2, 0.25) is 0 Å². The van der Waals surface area contributed by atoms with Gasteiger partial charge in [0.1, 0.15) is 11.6 Å². The smallest absolute Gasteiger partial charge is 0.123 e. The zero-order chi connectivity index (χ0) is 15.3. The van der Waals surface area contributed by atoms with Crippen molar-refractivity contribution in [2.75, 3.05) is 6.54 Å². The van der Waals surface area contributed by atoms with Gasteiger partial charge in [-0.15, -0.1) is 12.4 Å². The monoisotopic (exact) mass is 396 g/mol. The third kappa shape index (κ3) is 2.73. The lowest BCUT2D eigenvalue weighted by atomic mass is 9.94. The van der Waals surface area contributed by atoms with Gasteiger partial charge in [0.05, 0.1) is 6.04 Å². The number of aromatic hydroxyl groups is 1. The molecule has 120 valence electrons. The lowest BCUT2D eigenvalue weighted by molar-refractivity contribution is 0.452. The molecule has 0 amide bonds. The number of H-pyrrole nitrogens is 1. The molecule has 2 heterocycles. The van der Waals surface area contributed by atoms with Crippen LogP contribution >= 0.6 is 28.3 Å². The van der Waals surface area contributed by atoms with E-state index in [1.807, 2.05) is 12.1 Å². The van der Waals surface area contributed by atoms with Crippen molar-refractivity contribution in [3.63, 3.8) is 0 Å². The predicted octanol–water partition coefficient (Wildman–Crippen LogP) is 4.43. The molecule has 3 aromatic rings. The second kappa shape index (κ2) is 6.15.